The number of rotatable bonds is 0. The molecule has 0 aliphatic carbocycles. The van der Waals surface area contributed by atoms with Crippen LogP contribution in [-0.4, -0.2) is 66.1 Å². The van der Waals surface area contributed by atoms with Crippen LogP contribution in [0.15, 0.2) is 0 Å². The maximum absolute atomic E-state index is 11.9. The van der Waals surface area contributed by atoms with Gasteiger partial charge in [-0.05, 0) is 41.5 Å². The van der Waals surface area contributed by atoms with Crippen LogP contribution in [0.1, 0.15) is 41.5 Å². The second kappa shape index (κ2) is 7.05. The SMILES string of the molecule is CC(C)(C)C(=O)O.CC(C)(C)OC(=O)N1CCOC2(CNC2)C1. The lowest BCUT2D eigenvalue weighted by Crippen LogP contribution is -2.69. The van der Waals surface area contributed by atoms with Gasteiger partial charge in [0.1, 0.15) is 11.2 Å². The number of carboxylic acids is 1. The van der Waals surface area contributed by atoms with E-state index in [2.05, 4.69) is 5.32 Å². The Morgan fingerprint density at radius 3 is 2.04 bits per heavy atom. The van der Waals surface area contributed by atoms with E-state index >= 15 is 0 Å². The van der Waals surface area contributed by atoms with E-state index in [4.69, 9.17) is 14.6 Å². The number of amides is 1. The molecule has 0 aromatic rings. The van der Waals surface area contributed by atoms with Crippen LogP contribution >= 0.6 is 0 Å². The van der Waals surface area contributed by atoms with Crippen LogP contribution < -0.4 is 5.32 Å². The van der Waals surface area contributed by atoms with Crippen LogP contribution in [0, 0.1) is 5.41 Å². The molecule has 0 atom stereocenters. The molecule has 2 aliphatic heterocycles. The van der Waals surface area contributed by atoms with Crippen molar-refractivity contribution in [1.82, 2.24) is 10.2 Å². The second-order valence-electron chi connectivity index (χ2n) is 8.09. The number of carbonyl (C=O) groups is 2. The summed E-state index contributed by atoms with van der Waals surface area (Å²) >= 11 is 0. The van der Waals surface area contributed by atoms with Gasteiger partial charge >= 0.3 is 12.1 Å². The molecule has 0 aromatic carbocycles. The average molecular weight is 330 g/mol. The lowest BCUT2D eigenvalue weighted by Gasteiger charge is -2.48. The maximum Gasteiger partial charge on any atom is 0.410 e. The van der Waals surface area contributed by atoms with Crippen molar-refractivity contribution in [3.8, 4) is 0 Å². The number of carbonyl (C=O) groups excluding carboxylic acids is 1. The summed E-state index contributed by atoms with van der Waals surface area (Å²) in [7, 11) is 0. The van der Waals surface area contributed by atoms with E-state index in [1.807, 2.05) is 20.8 Å². The van der Waals surface area contributed by atoms with Gasteiger partial charge in [-0.15, -0.1) is 0 Å². The zero-order valence-corrected chi connectivity index (χ0v) is 15.1. The quantitative estimate of drug-likeness (QED) is 0.703. The highest BCUT2D eigenvalue weighted by atomic mass is 16.6. The smallest absolute Gasteiger partial charge is 0.410 e. The van der Waals surface area contributed by atoms with Crippen molar-refractivity contribution in [2.45, 2.75) is 52.7 Å². The minimum atomic E-state index is -0.757. The van der Waals surface area contributed by atoms with Gasteiger partial charge in [0, 0.05) is 19.6 Å². The maximum atomic E-state index is 11.9. The standard InChI is InChI=1S/C11H20N2O3.C5H10O2/c1-10(2,3)16-9(14)13-4-5-15-11(8-13)6-12-7-11;1-5(2,3)4(6)7/h12H,4-8H2,1-3H3;1-3H3,(H,6,7). The van der Waals surface area contributed by atoms with Gasteiger partial charge in [0.15, 0.2) is 0 Å². The first-order valence-electron chi connectivity index (χ1n) is 7.91. The summed E-state index contributed by atoms with van der Waals surface area (Å²) in [5, 5.41) is 11.4. The zero-order chi connectivity index (χ0) is 17.9. The molecule has 1 spiro atoms. The molecular formula is C16H30N2O5. The van der Waals surface area contributed by atoms with Crippen LogP contribution in [-0.2, 0) is 14.3 Å². The van der Waals surface area contributed by atoms with Gasteiger partial charge in [0.05, 0.1) is 18.6 Å². The fourth-order valence-electron chi connectivity index (χ4n) is 1.94. The molecular weight excluding hydrogens is 300 g/mol. The summed E-state index contributed by atoms with van der Waals surface area (Å²) in [5.41, 5.74) is -1.17. The van der Waals surface area contributed by atoms with Crippen molar-refractivity contribution >= 4 is 12.1 Å². The summed E-state index contributed by atoms with van der Waals surface area (Å²) in [6.45, 7) is 14.1. The summed E-state index contributed by atoms with van der Waals surface area (Å²) in [4.78, 5) is 23.6. The highest BCUT2D eigenvalue weighted by Crippen LogP contribution is 2.23. The van der Waals surface area contributed by atoms with Crippen LogP contribution in [0.3, 0.4) is 0 Å². The Bertz CT molecular complexity index is 433. The monoisotopic (exact) mass is 330 g/mol. The fourth-order valence-corrected chi connectivity index (χ4v) is 1.94. The Kier molecular flexibility index (Phi) is 6.04. The third-order valence-electron chi connectivity index (χ3n) is 3.44. The molecule has 2 heterocycles. The number of ether oxygens (including phenoxy) is 2. The zero-order valence-electron chi connectivity index (χ0n) is 15.1. The first-order valence-corrected chi connectivity index (χ1v) is 7.91. The molecule has 7 nitrogen and oxygen atoms in total. The molecule has 7 heteroatoms. The van der Waals surface area contributed by atoms with Crippen molar-refractivity contribution < 1.29 is 24.2 Å². The third kappa shape index (κ3) is 6.35. The topological polar surface area (TPSA) is 88.1 Å². The predicted octanol–water partition coefficient (Wildman–Crippen LogP) is 1.71. The van der Waals surface area contributed by atoms with Gasteiger partial charge in [0.25, 0.3) is 0 Å². The van der Waals surface area contributed by atoms with Crippen LogP contribution in [0.4, 0.5) is 4.79 Å². The van der Waals surface area contributed by atoms with E-state index in [1.165, 1.54) is 0 Å². The molecule has 0 bridgehead atoms. The molecule has 2 saturated heterocycles. The van der Waals surface area contributed by atoms with Gasteiger partial charge in [-0.1, -0.05) is 0 Å². The molecule has 2 fully saturated rings. The van der Waals surface area contributed by atoms with E-state index in [9.17, 15) is 9.59 Å². The van der Waals surface area contributed by atoms with Gasteiger partial charge in [-0.25, -0.2) is 4.79 Å². The van der Waals surface area contributed by atoms with Gasteiger partial charge in [0.2, 0.25) is 0 Å². The number of carboxylic acid groups (broad SMARTS) is 1. The van der Waals surface area contributed by atoms with Gasteiger partial charge in [-0.2, -0.15) is 0 Å². The predicted molar refractivity (Wildman–Crippen MR) is 86.5 cm³/mol. The third-order valence-corrected chi connectivity index (χ3v) is 3.44. The average Bonchev–Trinajstić information content (AvgIpc) is 2.34. The molecule has 1 amide bonds. The second-order valence-corrected chi connectivity index (χ2v) is 8.09. The minimum absolute atomic E-state index is 0.158. The molecule has 2 aliphatic rings. The molecule has 2 rings (SSSR count). The van der Waals surface area contributed by atoms with Crippen LogP contribution in [0.25, 0.3) is 0 Å². The van der Waals surface area contributed by atoms with E-state index in [-0.39, 0.29) is 11.7 Å². The van der Waals surface area contributed by atoms with E-state index in [1.54, 1.807) is 25.7 Å². The number of nitrogens with zero attached hydrogens (tertiary/aromatic N) is 1. The Labute approximate surface area is 138 Å². The largest absolute Gasteiger partial charge is 0.481 e. The van der Waals surface area contributed by atoms with Crippen molar-refractivity contribution in [2.24, 2.45) is 5.41 Å². The molecule has 134 valence electrons. The number of nitrogens with one attached hydrogen (secondary N) is 1. The van der Waals surface area contributed by atoms with E-state index in [0.29, 0.717) is 19.7 Å². The van der Waals surface area contributed by atoms with Crippen molar-refractivity contribution in [1.29, 1.82) is 0 Å². The molecule has 2 N–H and O–H groups in total. The summed E-state index contributed by atoms with van der Waals surface area (Å²) < 4.78 is 11.1. The van der Waals surface area contributed by atoms with E-state index < -0.39 is 17.0 Å². The molecule has 0 saturated carbocycles. The Balaban J connectivity index is 0.000000322. The highest BCUT2D eigenvalue weighted by molar-refractivity contribution is 5.72. The highest BCUT2D eigenvalue weighted by Gasteiger charge is 2.44. The van der Waals surface area contributed by atoms with Crippen LogP contribution in [0.2, 0.25) is 0 Å². The Hall–Kier alpha value is -1.34. The Morgan fingerprint density at radius 1 is 1.17 bits per heavy atom. The van der Waals surface area contributed by atoms with Gasteiger partial charge < -0.3 is 24.8 Å². The number of hydrogen-bond acceptors (Lipinski definition) is 5. The van der Waals surface area contributed by atoms with Crippen molar-refractivity contribution in [3.05, 3.63) is 0 Å². The van der Waals surface area contributed by atoms with Crippen LogP contribution in [0.5, 0.6) is 0 Å². The summed E-state index contributed by atoms with van der Waals surface area (Å²) in [5.74, 6) is -0.757. The van der Waals surface area contributed by atoms with Gasteiger partial charge in [-0.3, -0.25) is 4.79 Å². The Morgan fingerprint density at radius 2 is 1.70 bits per heavy atom. The summed E-state index contributed by atoms with van der Waals surface area (Å²) in [6, 6.07) is 0. The summed E-state index contributed by atoms with van der Waals surface area (Å²) in [6.07, 6.45) is -0.234. The van der Waals surface area contributed by atoms with Crippen molar-refractivity contribution in [2.75, 3.05) is 32.8 Å². The first kappa shape index (κ1) is 19.7. The van der Waals surface area contributed by atoms with E-state index in [0.717, 1.165) is 13.1 Å². The molecule has 0 radical (unpaired) electrons. The molecule has 0 unspecified atom stereocenters. The lowest BCUT2D eigenvalue weighted by molar-refractivity contribution is -0.145. The minimum Gasteiger partial charge on any atom is -0.481 e. The number of aliphatic carboxylic acids is 1. The number of morpholine rings is 1. The molecule has 0 aromatic heterocycles. The first-order chi connectivity index (χ1) is 10.3. The number of hydrogen-bond donors (Lipinski definition) is 2. The molecule has 23 heavy (non-hydrogen) atoms. The normalized spacial score (nSPS) is 20.2. The van der Waals surface area contributed by atoms with Crippen molar-refractivity contribution in [3.63, 3.8) is 0 Å². The lowest BCUT2D eigenvalue weighted by atomic mass is 9.95. The fraction of sp³-hybridized carbons (Fsp3) is 0.875.